The molecule has 20 heavy (non-hydrogen) atoms. The molecule has 116 valence electrons. The number of carbonyl (C=O) groups is 1. The van der Waals surface area contributed by atoms with Crippen LogP contribution in [-0.4, -0.2) is 39.7 Å². The third-order valence-corrected chi connectivity index (χ3v) is 3.23. The van der Waals surface area contributed by atoms with Crippen molar-refractivity contribution in [2.75, 3.05) is 19.8 Å². The molecule has 0 aromatic heterocycles. The molecule has 0 aromatic rings. The molecule has 1 heterocycles. The predicted octanol–water partition coefficient (Wildman–Crippen LogP) is 1.48. The summed E-state index contributed by atoms with van der Waals surface area (Å²) in [5.74, 6) is -1.59. The first kappa shape index (κ1) is 16.8. The Morgan fingerprint density at radius 3 is 2.60 bits per heavy atom. The van der Waals surface area contributed by atoms with E-state index in [1.165, 1.54) is 0 Å². The Kier molecular flexibility index (Phi) is 5.40. The number of ether oxygens (including phenoxy) is 2. The van der Waals surface area contributed by atoms with Crippen LogP contribution in [0.4, 0.5) is 13.2 Å². The van der Waals surface area contributed by atoms with Crippen molar-refractivity contribution in [1.82, 2.24) is 0 Å². The van der Waals surface area contributed by atoms with Gasteiger partial charge in [-0.15, -0.1) is 0 Å². The summed E-state index contributed by atoms with van der Waals surface area (Å²) in [7, 11) is -5.83. The van der Waals surface area contributed by atoms with Crippen LogP contribution in [0.2, 0.25) is 0 Å². The van der Waals surface area contributed by atoms with Crippen molar-refractivity contribution >= 4 is 16.1 Å². The minimum atomic E-state index is -5.83. The molecular formula is C10H13F3O6S. The molecule has 0 saturated carbocycles. The van der Waals surface area contributed by atoms with Crippen LogP contribution in [-0.2, 0) is 28.6 Å². The van der Waals surface area contributed by atoms with Crippen LogP contribution in [0, 0.1) is 0 Å². The van der Waals surface area contributed by atoms with Crippen molar-refractivity contribution in [2.45, 2.75) is 25.3 Å². The van der Waals surface area contributed by atoms with Gasteiger partial charge in [-0.3, -0.25) is 0 Å². The summed E-state index contributed by atoms with van der Waals surface area (Å²) in [4.78, 5) is 11.6. The van der Waals surface area contributed by atoms with Gasteiger partial charge in [0.05, 0.1) is 18.8 Å². The summed E-state index contributed by atoms with van der Waals surface area (Å²) < 4.78 is 72.0. The fourth-order valence-electron chi connectivity index (χ4n) is 1.32. The monoisotopic (exact) mass is 318 g/mol. The van der Waals surface area contributed by atoms with E-state index in [-0.39, 0.29) is 25.2 Å². The number of carbonyl (C=O) groups excluding carboxylic acids is 1. The second-order valence-corrected chi connectivity index (χ2v) is 5.36. The molecule has 0 unspecified atom stereocenters. The van der Waals surface area contributed by atoms with Gasteiger partial charge in [0.15, 0.2) is 5.76 Å². The lowest BCUT2D eigenvalue weighted by molar-refractivity contribution is -0.140. The number of hydrogen-bond acceptors (Lipinski definition) is 6. The predicted molar refractivity (Wildman–Crippen MR) is 59.8 cm³/mol. The second-order valence-electron chi connectivity index (χ2n) is 3.82. The zero-order chi connectivity index (χ0) is 15.4. The summed E-state index contributed by atoms with van der Waals surface area (Å²) in [6.07, 6.45) is 0.442. The average molecular weight is 318 g/mol. The van der Waals surface area contributed by atoms with Crippen LogP contribution in [0.5, 0.6) is 0 Å². The highest BCUT2D eigenvalue weighted by Gasteiger charge is 2.49. The maximum Gasteiger partial charge on any atom is 0.534 e. The van der Waals surface area contributed by atoms with E-state index in [4.69, 9.17) is 9.47 Å². The molecule has 0 aromatic carbocycles. The lowest BCUT2D eigenvalue weighted by Gasteiger charge is -2.20. The lowest BCUT2D eigenvalue weighted by atomic mass is 10.1. The molecule has 1 aliphatic heterocycles. The molecule has 0 amide bonds. The summed E-state index contributed by atoms with van der Waals surface area (Å²) in [6.45, 7) is 1.33. The normalized spacial score (nSPS) is 17.0. The van der Waals surface area contributed by atoms with Crippen LogP contribution in [0.1, 0.15) is 19.8 Å². The Hall–Kier alpha value is -1.29. The molecule has 0 fully saturated rings. The van der Waals surface area contributed by atoms with E-state index in [1.54, 1.807) is 6.92 Å². The van der Waals surface area contributed by atoms with Crippen molar-refractivity contribution in [2.24, 2.45) is 0 Å². The van der Waals surface area contributed by atoms with Crippen molar-refractivity contribution in [1.29, 1.82) is 0 Å². The van der Waals surface area contributed by atoms with Crippen molar-refractivity contribution in [3.8, 4) is 0 Å². The fourth-order valence-corrected chi connectivity index (χ4v) is 1.83. The van der Waals surface area contributed by atoms with Crippen LogP contribution in [0.25, 0.3) is 0 Å². The standard InChI is InChI=1S/C10H13F3O6S/c1-2-4-18-9(14)7-3-5-17-6-8(7)19-20(15,16)10(11,12)13/h2-6H2,1H3. The Labute approximate surface area is 113 Å². The van der Waals surface area contributed by atoms with Crippen LogP contribution in [0.3, 0.4) is 0 Å². The van der Waals surface area contributed by atoms with Gasteiger partial charge in [0.2, 0.25) is 0 Å². The fraction of sp³-hybridized carbons (Fsp3) is 0.700. The minimum absolute atomic E-state index is 0.0650. The zero-order valence-corrected chi connectivity index (χ0v) is 11.3. The number of esters is 1. The molecule has 0 bridgehead atoms. The topological polar surface area (TPSA) is 78.9 Å². The first-order valence-corrected chi connectivity index (χ1v) is 7.07. The van der Waals surface area contributed by atoms with Gasteiger partial charge in [-0.2, -0.15) is 21.6 Å². The highest BCUT2D eigenvalue weighted by atomic mass is 32.2. The first-order valence-electron chi connectivity index (χ1n) is 5.66. The van der Waals surface area contributed by atoms with Crippen LogP contribution < -0.4 is 0 Å². The third kappa shape index (κ3) is 4.10. The first-order chi connectivity index (χ1) is 9.19. The number of halogens is 3. The second kappa shape index (κ2) is 6.44. The summed E-state index contributed by atoms with van der Waals surface area (Å²) in [5.41, 5.74) is -5.83. The third-order valence-electron chi connectivity index (χ3n) is 2.24. The largest absolute Gasteiger partial charge is 0.534 e. The van der Waals surface area contributed by atoms with Crippen LogP contribution >= 0.6 is 0 Å². The maximum absolute atomic E-state index is 12.2. The van der Waals surface area contributed by atoms with Gasteiger partial charge in [-0.25, -0.2) is 4.79 Å². The highest BCUT2D eigenvalue weighted by Crippen LogP contribution is 2.29. The van der Waals surface area contributed by atoms with E-state index in [9.17, 15) is 26.4 Å². The minimum Gasteiger partial charge on any atom is -0.462 e. The summed E-state index contributed by atoms with van der Waals surface area (Å²) >= 11 is 0. The number of alkyl halides is 3. The van der Waals surface area contributed by atoms with Gasteiger partial charge in [0.1, 0.15) is 6.61 Å². The van der Waals surface area contributed by atoms with E-state index in [0.29, 0.717) is 6.42 Å². The highest BCUT2D eigenvalue weighted by molar-refractivity contribution is 7.87. The summed E-state index contributed by atoms with van der Waals surface area (Å²) in [5, 5.41) is 0. The average Bonchev–Trinajstić information content (AvgIpc) is 2.34. The maximum atomic E-state index is 12.2. The van der Waals surface area contributed by atoms with E-state index in [1.807, 2.05) is 0 Å². The van der Waals surface area contributed by atoms with Gasteiger partial charge in [-0.05, 0) is 6.42 Å². The SMILES string of the molecule is CCCOC(=O)C1=C(OS(=O)(=O)C(F)(F)F)COCC1. The smallest absolute Gasteiger partial charge is 0.462 e. The molecule has 0 atom stereocenters. The Balaban J connectivity index is 2.98. The molecule has 10 heteroatoms. The van der Waals surface area contributed by atoms with E-state index >= 15 is 0 Å². The van der Waals surface area contributed by atoms with Crippen molar-refractivity contribution < 1.29 is 40.0 Å². The van der Waals surface area contributed by atoms with Gasteiger partial charge >= 0.3 is 21.6 Å². The molecule has 0 N–H and O–H groups in total. The van der Waals surface area contributed by atoms with E-state index < -0.39 is 34.0 Å². The number of hydrogen-bond donors (Lipinski definition) is 0. The van der Waals surface area contributed by atoms with Gasteiger partial charge < -0.3 is 13.7 Å². The molecule has 0 aliphatic carbocycles. The van der Waals surface area contributed by atoms with Crippen molar-refractivity contribution in [3.05, 3.63) is 11.3 Å². The molecule has 0 saturated heterocycles. The molecule has 1 aliphatic rings. The lowest BCUT2D eigenvalue weighted by Crippen LogP contribution is -2.29. The Bertz CT molecular complexity index is 494. The van der Waals surface area contributed by atoms with Crippen molar-refractivity contribution in [3.63, 3.8) is 0 Å². The zero-order valence-electron chi connectivity index (χ0n) is 10.5. The van der Waals surface area contributed by atoms with Gasteiger partial charge in [0.25, 0.3) is 0 Å². The van der Waals surface area contributed by atoms with E-state index in [0.717, 1.165) is 0 Å². The quantitative estimate of drug-likeness (QED) is 0.434. The molecule has 1 rings (SSSR count). The Morgan fingerprint density at radius 1 is 1.40 bits per heavy atom. The van der Waals surface area contributed by atoms with E-state index in [2.05, 4.69) is 4.18 Å². The van der Waals surface area contributed by atoms with Crippen LogP contribution in [0.15, 0.2) is 11.3 Å². The number of rotatable bonds is 5. The summed E-state index contributed by atoms with van der Waals surface area (Å²) in [6, 6.07) is 0. The molecule has 0 spiro atoms. The molecule has 0 radical (unpaired) electrons. The van der Waals surface area contributed by atoms with Gasteiger partial charge in [0, 0.05) is 6.42 Å². The molecule has 6 nitrogen and oxygen atoms in total. The molecular weight excluding hydrogens is 305 g/mol. The Morgan fingerprint density at radius 2 is 2.05 bits per heavy atom. The van der Waals surface area contributed by atoms with Gasteiger partial charge in [-0.1, -0.05) is 6.92 Å².